The molecular weight excluding hydrogens is 366 g/mol. The van der Waals surface area contributed by atoms with Crippen LogP contribution in [0.1, 0.15) is 61.0 Å². The molecule has 0 aliphatic rings. The van der Waals surface area contributed by atoms with Gasteiger partial charge in [0.1, 0.15) is 5.75 Å². The topological polar surface area (TPSA) is 136 Å². The fourth-order valence-corrected chi connectivity index (χ4v) is 2.77. The van der Waals surface area contributed by atoms with E-state index in [1.54, 1.807) is 12.1 Å². The van der Waals surface area contributed by atoms with Gasteiger partial charge >= 0.3 is 0 Å². The molecule has 0 spiro atoms. The Morgan fingerprint density at radius 3 is 1.68 bits per heavy atom. The van der Waals surface area contributed by atoms with Gasteiger partial charge in [-0.2, -0.15) is 0 Å². The Kier molecular flexibility index (Phi) is 5.97. The van der Waals surface area contributed by atoms with Crippen LogP contribution in [-0.2, 0) is 0 Å². The third kappa shape index (κ3) is 4.43. The van der Waals surface area contributed by atoms with E-state index in [4.69, 9.17) is 0 Å². The summed E-state index contributed by atoms with van der Waals surface area (Å²) in [6, 6.07) is 6.00. The van der Waals surface area contributed by atoms with Crippen LogP contribution in [0.25, 0.3) is 0 Å². The predicted molar refractivity (Wildman–Crippen MR) is 104 cm³/mol. The normalized spacial score (nSPS) is 10.9. The lowest BCUT2D eigenvalue weighted by Gasteiger charge is -2.18. The largest absolute Gasteiger partial charge is 0.507 e. The summed E-state index contributed by atoms with van der Waals surface area (Å²) in [5.41, 5.74) is 0.389. The Labute approximate surface area is 161 Å². The summed E-state index contributed by atoms with van der Waals surface area (Å²) in [5.74, 6) is -0.572. The molecule has 1 amide bonds. The SMILES string of the molecule is CC(C)c1cc(NC(=O)c2cc([N+](=O)[O-])cc([N+](=O)[O-])c2)cc(C(C)C)c1O. The van der Waals surface area contributed by atoms with Crippen molar-refractivity contribution in [3.05, 3.63) is 67.3 Å². The molecule has 2 aromatic rings. The summed E-state index contributed by atoms with van der Waals surface area (Å²) in [4.78, 5) is 33.0. The average Bonchev–Trinajstić information content (AvgIpc) is 2.61. The molecule has 0 unspecified atom stereocenters. The zero-order chi connectivity index (χ0) is 21.2. The van der Waals surface area contributed by atoms with Crippen LogP contribution in [0, 0.1) is 20.2 Å². The molecule has 2 N–H and O–H groups in total. The lowest BCUT2D eigenvalue weighted by molar-refractivity contribution is -0.394. The summed E-state index contributed by atoms with van der Waals surface area (Å²) in [6.07, 6.45) is 0. The molecule has 28 heavy (non-hydrogen) atoms. The Balaban J connectivity index is 2.47. The van der Waals surface area contributed by atoms with Crippen molar-refractivity contribution in [2.45, 2.75) is 39.5 Å². The minimum atomic E-state index is -0.794. The van der Waals surface area contributed by atoms with Crippen molar-refractivity contribution < 1.29 is 19.7 Å². The van der Waals surface area contributed by atoms with Gasteiger partial charge in [0, 0.05) is 17.8 Å². The third-order valence-corrected chi connectivity index (χ3v) is 4.26. The molecule has 0 aromatic heterocycles. The number of hydrogen-bond donors (Lipinski definition) is 2. The van der Waals surface area contributed by atoms with Crippen molar-refractivity contribution in [1.29, 1.82) is 0 Å². The van der Waals surface area contributed by atoms with Gasteiger partial charge < -0.3 is 10.4 Å². The molecule has 0 heterocycles. The summed E-state index contributed by atoms with van der Waals surface area (Å²) >= 11 is 0. The third-order valence-electron chi connectivity index (χ3n) is 4.26. The van der Waals surface area contributed by atoms with Gasteiger partial charge in [-0.25, -0.2) is 0 Å². The molecule has 0 bridgehead atoms. The number of non-ortho nitro benzene ring substituents is 2. The highest BCUT2D eigenvalue weighted by Gasteiger charge is 2.21. The number of nitro groups is 2. The van der Waals surface area contributed by atoms with Gasteiger partial charge in [-0.15, -0.1) is 0 Å². The van der Waals surface area contributed by atoms with Crippen molar-refractivity contribution >= 4 is 23.0 Å². The first kappa shape index (κ1) is 20.8. The molecule has 9 nitrogen and oxygen atoms in total. The maximum atomic E-state index is 12.6. The maximum absolute atomic E-state index is 12.6. The van der Waals surface area contributed by atoms with Crippen LogP contribution in [0.2, 0.25) is 0 Å². The zero-order valence-corrected chi connectivity index (χ0v) is 15.9. The summed E-state index contributed by atoms with van der Waals surface area (Å²) in [6.45, 7) is 7.59. The Morgan fingerprint density at radius 2 is 1.32 bits per heavy atom. The number of carbonyl (C=O) groups excluding carboxylic acids is 1. The highest BCUT2D eigenvalue weighted by Crippen LogP contribution is 2.36. The molecule has 0 aliphatic carbocycles. The van der Waals surface area contributed by atoms with Crippen molar-refractivity contribution in [3.8, 4) is 5.75 Å². The standard InChI is InChI=1S/C19H21N3O6/c1-10(2)16-7-13(8-17(11(3)4)18(16)23)20-19(24)12-5-14(21(25)26)9-15(6-12)22(27)28/h5-11,23H,1-4H3,(H,20,24). The van der Waals surface area contributed by atoms with Gasteiger partial charge in [0.25, 0.3) is 17.3 Å². The Bertz CT molecular complexity index is 891. The number of nitrogens with zero attached hydrogens (tertiary/aromatic N) is 2. The molecule has 0 saturated heterocycles. The average molecular weight is 387 g/mol. The number of nitrogens with one attached hydrogen (secondary N) is 1. The minimum Gasteiger partial charge on any atom is -0.507 e. The molecule has 9 heteroatoms. The van der Waals surface area contributed by atoms with Gasteiger partial charge in [-0.1, -0.05) is 27.7 Å². The first-order chi connectivity index (χ1) is 13.0. The number of phenols is 1. The molecule has 0 radical (unpaired) electrons. The van der Waals surface area contributed by atoms with E-state index in [0.717, 1.165) is 18.2 Å². The van der Waals surface area contributed by atoms with Gasteiger partial charge in [-0.3, -0.25) is 25.0 Å². The van der Waals surface area contributed by atoms with Gasteiger partial charge in [0.2, 0.25) is 0 Å². The Hall–Kier alpha value is -3.49. The van der Waals surface area contributed by atoms with Crippen LogP contribution in [0.15, 0.2) is 30.3 Å². The minimum absolute atomic E-state index is 0.00625. The number of amides is 1. The molecule has 0 fully saturated rings. The van der Waals surface area contributed by atoms with E-state index < -0.39 is 27.1 Å². The van der Waals surface area contributed by atoms with Crippen molar-refractivity contribution in [2.75, 3.05) is 5.32 Å². The van der Waals surface area contributed by atoms with E-state index in [-0.39, 0.29) is 23.1 Å². The zero-order valence-electron chi connectivity index (χ0n) is 15.9. The van der Waals surface area contributed by atoms with Gasteiger partial charge in [0.05, 0.1) is 21.5 Å². The summed E-state index contributed by atoms with van der Waals surface area (Å²) in [7, 11) is 0. The number of rotatable bonds is 6. The van der Waals surface area contributed by atoms with Crippen LogP contribution >= 0.6 is 0 Å². The number of anilines is 1. The van der Waals surface area contributed by atoms with Crippen molar-refractivity contribution in [2.24, 2.45) is 0 Å². The van der Waals surface area contributed by atoms with E-state index in [1.807, 2.05) is 27.7 Å². The molecule has 0 saturated carbocycles. The fourth-order valence-electron chi connectivity index (χ4n) is 2.77. The van der Waals surface area contributed by atoms with Gasteiger partial charge in [-0.05, 0) is 35.1 Å². The quantitative estimate of drug-likeness (QED) is 0.418. The van der Waals surface area contributed by atoms with E-state index in [2.05, 4.69) is 5.32 Å². The predicted octanol–water partition coefficient (Wildman–Crippen LogP) is 4.71. The summed E-state index contributed by atoms with van der Waals surface area (Å²) < 4.78 is 0. The molecule has 2 rings (SSSR count). The first-order valence-electron chi connectivity index (χ1n) is 8.63. The second-order valence-electron chi connectivity index (χ2n) is 7.02. The van der Waals surface area contributed by atoms with Crippen LogP contribution in [0.5, 0.6) is 5.75 Å². The smallest absolute Gasteiger partial charge is 0.277 e. The number of nitro benzene ring substituents is 2. The molecule has 148 valence electrons. The van der Waals surface area contributed by atoms with Crippen LogP contribution in [0.4, 0.5) is 17.1 Å². The first-order valence-corrected chi connectivity index (χ1v) is 8.63. The number of carbonyl (C=O) groups is 1. The van der Waals surface area contributed by atoms with Gasteiger partial charge in [0.15, 0.2) is 0 Å². The molecule has 0 atom stereocenters. The number of phenolic OH excluding ortho intramolecular Hbond substituents is 1. The van der Waals surface area contributed by atoms with E-state index in [0.29, 0.717) is 16.8 Å². The lowest BCUT2D eigenvalue weighted by atomic mass is 9.93. The van der Waals surface area contributed by atoms with E-state index >= 15 is 0 Å². The van der Waals surface area contributed by atoms with E-state index in [1.165, 1.54) is 0 Å². The van der Waals surface area contributed by atoms with Crippen LogP contribution in [-0.4, -0.2) is 20.9 Å². The second-order valence-corrected chi connectivity index (χ2v) is 7.02. The van der Waals surface area contributed by atoms with Crippen LogP contribution in [0.3, 0.4) is 0 Å². The second kappa shape index (κ2) is 8.03. The maximum Gasteiger partial charge on any atom is 0.277 e. The molecule has 0 aliphatic heterocycles. The molecule has 2 aromatic carbocycles. The monoisotopic (exact) mass is 387 g/mol. The number of aromatic hydroxyl groups is 1. The molecular formula is C19H21N3O6. The Morgan fingerprint density at radius 1 is 0.893 bits per heavy atom. The van der Waals surface area contributed by atoms with E-state index in [9.17, 15) is 30.1 Å². The number of hydrogen-bond acceptors (Lipinski definition) is 6. The number of benzene rings is 2. The lowest BCUT2D eigenvalue weighted by Crippen LogP contribution is -2.13. The van der Waals surface area contributed by atoms with Crippen molar-refractivity contribution in [1.82, 2.24) is 0 Å². The highest BCUT2D eigenvalue weighted by atomic mass is 16.6. The fraction of sp³-hybridized carbons (Fsp3) is 0.316. The summed E-state index contributed by atoms with van der Waals surface area (Å²) in [5, 5.41) is 35.1. The highest BCUT2D eigenvalue weighted by molar-refractivity contribution is 6.05. The van der Waals surface area contributed by atoms with Crippen molar-refractivity contribution in [3.63, 3.8) is 0 Å². The van der Waals surface area contributed by atoms with Crippen LogP contribution < -0.4 is 5.32 Å².